The zero-order chi connectivity index (χ0) is 20.4. The largest absolute Gasteiger partial charge is 0.480 e. The Morgan fingerprint density at radius 3 is 2.50 bits per heavy atom. The Morgan fingerprint density at radius 1 is 1.21 bits per heavy atom. The SMILES string of the molecule is Cc1nn(C)c2nc(-c3ccccc3)cc(C(=O)NC(CC(C)C)C(=O)O)c12. The summed E-state index contributed by atoms with van der Waals surface area (Å²) >= 11 is 0. The molecule has 0 spiro atoms. The number of aryl methyl sites for hydroxylation is 2. The summed E-state index contributed by atoms with van der Waals surface area (Å²) in [5.41, 5.74) is 3.14. The quantitative estimate of drug-likeness (QED) is 0.685. The second kappa shape index (κ2) is 7.80. The molecule has 0 saturated heterocycles. The summed E-state index contributed by atoms with van der Waals surface area (Å²) in [5.74, 6) is -1.34. The monoisotopic (exact) mass is 380 g/mol. The predicted octanol–water partition coefficient (Wildman–Crippen LogP) is 3.17. The van der Waals surface area contributed by atoms with Crippen molar-refractivity contribution in [3.8, 4) is 11.3 Å². The van der Waals surface area contributed by atoms with E-state index in [9.17, 15) is 14.7 Å². The Hall–Kier alpha value is -3.22. The summed E-state index contributed by atoms with van der Waals surface area (Å²) in [6.45, 7) is 5.66. The number of fused-ring (bicyclic) bond motifs is 1. The summed E-state index contributed by atoms with van der Waals surface area (Å²) in [4.78, 5) is 29.3. The van der Waals surface area contributed by atoms with Gasteiger partial charge in [0.25, 0.3) is 5.91 Å². The maximum atomic E-state index is 13.1. The zero-order valence-corrected chi connectivity index (χ0v) is 16.4. The van der Waals surface area contributed by atoms with Gasteiger partial charge in [-0.05, 0) is 25.3 Å². The molecule has 0 fully saturated rings. The van der Waals surface area contributed by atoms with Crippen molar-refractivity contribution in [1.82, 2.24) is 20.1 Å². The van der Waals surface area contributed by atoms with Gasteiger partial charge < -0.3 is 10.4 Å². The topological polar surface area (TPSA) is 97.1 Å². The Bertz CT molecular complexity index is 1030. The molecule has 2 aromatic heterocycles. The van der Waals surface area contributed by atoms with E-state index < -0.39 is 17.9 Å². The summed E-state index contributed by atoms with van der Waals surface area (Å²) < 4.78 is 1.64. The number of carbonyl (C=O) groups excluding carboxylic acids is 1. The van der Waals surface area contributed by atoms with Gasteiger partial charge in [-0.15, -0.1) is 0 Å². The fourth-order valence-corrected chi connectivity index (χ4v) is 3.31. The highest BCUT2D eigenvalue weighted by atomic mass is 16.4. The van der Waals surface area contributed by atoms with Crippen molar-refractivity contribution in [3.05, 3.63) is 47.7 Å². The van der Waals surface area contributed by atoms with Crippen LogP contribution < -0.4 is 5.32 Å². The zero-order valence-electron chi connectivity index (χ0n) is 16.4. The number of rotatable bonds is 6. The molecule has 0 radical (unpaired) electrons. The highest BCUT2D eigenvalue weighted by molar-refractivity contribution is 6.08. The van der Waals surface area contributed by atoms with Gasteiger partial charge in [-0.2, -0.15) is 5.10 Å². The van der Waals surface area contributed by atoms with E-state index in [1.165, 1.54) is 0 Å². The van der Waals surface area contributed by atoms with Crippen molar-refractivity contribution in [2.45, 2.75) is 33.2 Å². The van der Waals surface area contributed by atoms with E-state index in [1.54, 1.807) is 17.8 Å². The normalized spacial score (nSPS) is 12.3. The average Bonchev–Trinajstić information content (AvgIpc) is 2.94. The first-order valence-corrected chi connectivity index (χ1v) is 9.21. The van der Waals surface area contributed by atoms with Gasteiger partial charge in [-0.25, -0.2) is 9.78 Å². The van der Waals surface area contributed by atoms with E-state index in [1.807, 2.05) is 51.1 Å². The Balaban J connectivity index is 2.10. The average molecular weight is 380 g/mol. The van der Waals surface area contributed by atoms with Crippen molar-refractivity contribution in [2.75, 3.05) is 0 Å². The van der Waals surface area contributed by atoms with Crippen LogP contribution in [0.5, 0.6) is 0 Å². The Morgan fingerprint density at radius 2 is 1.89 bits per heavy atom. The number of hydrogen-bond acceptors (Lipinski definition) is 4. The Labute approximate surface area is 163 Å². The molecule has 7 nitrogen and oxygen atoms in total. The molecule has 1 aromatic carbocycles. The number of carboxylic acids is 1. The van der Waals surface area contributed by atoms with Crippen molar-refractivity contribution < 1.29 is 14.7 Å². The number of amides is 1. The van der Waals surface area contributed by atoms with E-state index in [-0.39, 0.29) is 5.92 Å². The molecular weight excluding hydrogens is 356 g/mol. The number of benzene rings is 1. The number of nitrogens with zero attached hydrogens (tertiary/aromatic N) is 3. The highest BCUT2D eigenvalue weighted by Gasteiger charge is 2.25. The lowest BCUT2D eigenvalue weighted by atomic mass is 10.0. The number of hydrogen-bond donors (Lipinski definition) is 2. The standard InChI is InChI=1S/C21H24N4O3/c1-12(2)10-17(21(27)28)23-20(26)15-11-16(14-8-6-5-7-9-14)22-19-18(15)13(3)24-25(19)4/h5-9,11-12,17H,10H2,1-4H3,(H,23,26)(H,27,28). The van der Waals surface area contributed by atoms with E-state index >= 15 is 0 Å². The van der Waals surface area contributed by atoms with Crippen LogP contribution in [0.4, 0.5) is 0 Å². The third-order valence-electron chi connectivity index (χ3n) is 4.59. The lowest BCUT2D eigenvalue weighted by Gasteiger charge is -2.17. The highest BCUT2D eigenvalue weighted by Crippen LogP contribution is 2.27. The van der Waals surface area contributed by atoms with Gasteiger partial charge in [-0.1, -0.05) is 44.2 Å². The smallest absolute Gasteiger partial charge is 0.326 e. The van der Waals surface area contributed by atoms with Crippen molar-refractivity contribution in [1.29, 1.82) is 0 Å². The van der Waals surface area contributed by atoms with Gasteiger partial charge in [-0.3, -0.25) is 9.48 Å². The molecule has 28 heavy (non-hydrogen) atoms. The minimum atomic E-state index is -1.04. The lowest BCUT2D eigenvalue weighted by Crippen LogP contribution is -2.41. The van der Waals surface area contributed by atoms with Gasteiger partial charge in [0.15, 0.2) is 5.65 Å². The first-order chi connectivity index (χ1) is 13.3. The van der Waals surface area contributed by atoms with E-state index in [4.69, 9.17) is 0 Å². The maximum absolute atomic E-state index is 13.1. The van der Waals surface area contributed by atoms with Gasteiger partial charge in [0, 0.05) is 12.6 Å². The van der Waals surface area contributed by atoms with Gasteiger partial charge in [0.05, 0.1) is 22.3 Å². The number of aliphatic carboxylic acids is 1. The maximum Gasteiger partial charge on any atom is 0.326 e. The van der Waals surface area contributed by atoms with E-state index in [0.717, 1.165) is 5.56 Å². The molecular formula is C21H24N4O3. The first kappa shape index (κ1) is 19.5. The van der Waals surface area contributed by atoms with Gasteiger partial charge in [0.1, 0.15) is 6.04 Å². The predicted molar refractivity (Wildman–Crippen MR) is 107 cm³/mol. The van der Waals surface area contributed by atoms with Gasteiger partial charge in [0.2, 0.25) is 0 Å². The minimum absolute atomic E-state index is 0.138. The van der Waals surface area contributed by atoms with Crippen LogP contribution in [0.1, 0.15) is 36.3 Å². The lowest BCUT2D eigenvalue weighted by molar-refractivity contribution is -0.139. The number of nitrogens with one attached hydrogen (secondary N) is 1. The third kappa shape index (κ3) is 3.88. The number of pyridine rings is 1. The molecule has 3 rings (SSSR count). The summed E-state index contributed by atoms with van der Waals surface area (Å²) in [7, 11) is 1.78. The molecule has 1 amide bonds. The number of carboxylic acid groups (broad SMARTS) is 1. The van der Waals surface area contributed by atoms with Crippen LogP contribution in [0.15, 0.2) is 36.4 Å². The molecule has 3 aromatic rings. The van der Waals surface area contributed by atoms with Crippen molar-refractivity contribution >= 4 is 22.9 Å². The molecule has 146 valence electrons. The van der Waals surface area contributed by atoms with Crippen LogP contribution in [0, 0.1) is 12.8 Å². The fraction of sp³-hybridized carbons (Fsp3) is 0.333. The molecule has 0 aliphatic carbocycles. The minimum Gasteiger partial charge on any atom is -0.480 e. The molecule has 1 atom stereocenters. The van der Waals surface area contributed by atoms with Crippen molar-refractivity contribution in [2.24, 2.45) is 13.0 Å². The van der Waals surface area contributed by atoms with E-state index in [2.05, 4.69) is 15.4 Å². The molecule has 2 N–H and O–H groups in total. The first-order valence-electron chi connectivity index (χ1n) is 9.21. The molecule has 2 heterocycles. The van der Waals surface area contributed by atoms with Crippen LogP contribution in [0.25, 0.3) is 22.3 Å². The molecule has 0 aliphatic rings. The molecule has 0 bridgehead atoms. The molecule has 0 saturated carbocycles. The summed E-state index contributed by atoms with van der Waals surface area (Å²) in [6, 6.07) is 10.3. The van der Waals surface area contributed by atoms with Crippen LogP contribution in [-0.4, -0.2) is 37.8 Å². The van der Waals surface area contributed by atoms with Crippen LogP contribution >= 0.6 is 0 Å². The van der Waals surface area contributed by atoms with E-state index in [0.29, 0.717) is 34.4 Å². The molecule has 7 heteroatoms. The number of carbonyl (C=O) groups is 2. The molecule has 0 aliphatic heterocycles. The van der Waals surface area contributed by atoms with Crippen LogP contribution in [-0.2, 0) is 11.8 Å². The number of aromatic nitrogens is 3. The van der Waals surface area contributed by atoms with Crippen LogP contribution in [0.3, 0.4) is 0 Å². The second-order valence-corrected chi connectivity index (χ2v) is 7.32. The summed E-state index contributed by atoms with van der Waals surface area (Å²) in [5, 5.41) is 17.2. The Kier molecular flexibility index (Phi) is 5.44. The molecule has 1 unspecified atom stereocenters. The summed E-state index contributed by atoms with van der Waals surface area (Å²) in [6.07, 6.45) is 0.354. The van der Waals surface area contributed by atoms with Crippen LogP contribution in [0.2, 0.25) is 0 Å². The van der Waals surface area contributed by atoms with Crippen molar-refractivity contribution in [3.63, 3.8) is 0 Å². The third-order valence-corrected chi connectivity index (χ3v) is 4.59. The second-order valence-electron chi connectivity index (χ2n) is 7.32. The fourth-order valence-electron chi connectivity index (χ4n) is 3.31. The van der Waals surface area contributed by atoms with Gasteiger partial charge >= 0.3 is 5.97 Å².